The molecule has 2 aromatic heterocycles. The van der Waals surface area contributed by atoms with Crippen molar-refractivity contribution in [2.45, 2.75) is 205 Å². The van der Waals surface area contributed by atoms with E-state index in [9.17, 15) is 30.0 Å². The van der Waals surface area contributed by atoms with Crippen molar-refractivity contribution in [3.8, 4) is 29.0 Å². The van der Waals surface area contributed by atoms with Crippen molar-refractivity contribution >= 4 is 23.7 Å². The Bertz CT molecular complexity index is 3560. The predicted octanol–water partition coefficient (Wildman–Crippen LogP) is 9.91. The maximum Gasteiger partial charge on any atom is 0.193 e. The molecule has 4 heterocycles. The molecule has 86 heavy (non-hydrogen) atoms. The second-order valence-electron chi connectivity index (χ2n) is 28.5. The Kier molecular flexibility index (Phi) is 13.9. The van der Waals surface area contributed by atoms with Gasteiger partial charge in [0.1, 0.15) is 30.3 Å². The topological polar surface area (TPSA) is 197 Å². The van der Waals surface area contributed by atoms with Gasteiger partial charge >= 0.3 is 0 Å². The smallest absolute Gasteiger partial charge is 0.193 e. The predicted molar refractivity (Wildman–Crippen MR) is 316 cm³/mol. The highest BCUT2D eigenvalue weighted by Crippen LogP contribution is 2.75. The number of ether oxygens (including phenoxy) is 5. The SMILES string of the molecule is CCC#Cc1cccc(-n2ncc3c2C=C2CC[C@H]4[C@@H]5C[C@H]6OC(C)(C)O[C@@]6(C(=O)CO)[C@@]5(C)C[C@H](O)[C@]4(F)[C@@]2(C)C3)c1.CCCOc1cccc(-n2cc3c(n2)C=C2CC[C@H]4[C@@H]5C[C@H]6OC(C)(C)O[C@@]6(C(=O)CO)[C@@]5(C)C[C@H](O)[C@]4(F)[C@@]2(C)C3)c1. The standard InChI is InChI=1S/C35H41FN2O5.C34H43FN2O6/c1-6-7-9-21-10-8-11-24(14-21)38-27-15-23-12-13-25-26-16-30-35(29(41)20-39,43-31(2,3)42-30)33(26,5)18-28(40)34(25,36)32(23,4)17-22(27)19-37-38;1-6-12-41-23-9-7-8-22(14-23)37-18-20-16-31(4)21(13-26(20)36-37)10-11-24-25-15-29-34(28(40)19-38,43-30(2,3)42-29)32(25,5)17-27(39)33(24,31)35/h8,10-11,14-15,19,25-26,28,30,39-40H,6,12-13,16-18,20H2,1-5H3;7-9,13-14,18,24-25,27,29,38-39H,6,10-12,15-17,19H2,1-5H3/t25-,26-,28-,30+,32-,33-,34-,35+;24-,25-,27-,29+,31-,32-,33-,34+/m00/s1. The van der Waals surface area contributed by atoms with Crippen molar-refractivity contribution in [3.63, 3.8) is 0 Å². The molecule has 0 spiro atoms. The molecule has 15 nitrogen and oxygen atoms in total. The van der Waals surface area contributed by atoms with E-state index < -0.39 is 117 Å². The van der Waals surface area contributed by atoms with Gasteiger partial charge in [0.25, 0.3) is 0 Å². The summed E-state index contributed by atoms with van der Waals surface area (Å²) in [6, 6.07) is 15.8. The maximum absolute atomic E-state index is 18.1. The van der Waals surface area contributed by atoms with Crippen LogP contribution < -0.4 is 4.74 Å². The molecular weight excluding hydrogens is 1100 g/mol. The minimum Gasteiger partial charge on any atom is -0.494 e. The monoisotopic (exact) mass is 1180 g/mol. The summed E-state index contributed by atoms with van der Waals surface area (Å²) in [6.45, 7) is 18.2. The molecule has 0 radical (unpaired) electrons. The number of hydrogen-bond acceptors (Lipinski definition) is 13. The number of aromatic nitrogens is 4. The minimum absolute atomic E-state index is 0.0475. The fourth-order valence-electron chi connectivity index (χ4n) is 19.7. The van der Waals surface area contributed by atoms with Gasteiger partial charge in [-0.1, -0.05) is 76.7 Å². The second-order valence-corrected chi connectivity index (χ2v) is 28.5. The normalized spacial score (nSPS) is 40.4. The van der Waals surface area contributed by atoms with Gasteiger partial charge in [0.2, 0.25) is 0 Å². The van der Waals surface area contributed by atoms with Crippen LogP contribution in [0.4, 0.5) is 8.78 Å². The first kappa shape index (κ1) is 59.5. The zero-order chi connectivity index (χ0) is 61.2. The number of nitrogens with zero attached hydrogens (tertiary/aromatic N) is 4. The van der Waals surface area contributed by atoms with Gasteiger partial charge in [0.15, 0.2) is 34.3 Å². The molecule has 10 aliphatic rings. The summed E-state index contributed by atoms with van der Waals surface area (Å²) in [6.07, 6.45) is 10.0. The number of carbonyl (C=O) groups excluding carboxylic acids is 2. The van der Waals surface area contributed by atoms with Crippen molar-refractivity contribution in [2.24, 2.45) is 45.3 Å². The van der Waals surface area contributed by atoms with Crippen LogP contribution in [0.3, 0.4) is 0 Å². The Labute approximate surface area is 502 Å². The van der Waals surface area contributed by atoms with E-state index in [1.54, 1.807) is 27.7 Å². The molecule has 2 aromatic carbocycles. The van der Waals surface area contributed by atoms with Crippen LogP contribution in [0.25, 0.3) is 23.5 Å². The molecule has 8 fully saturated rings. The van der Waals surface area contributed by atoms with E-state index in [2.05, 4.69) is 24.8 Å². The number of aliphatic hydroxyl groups is 4. The van der Waals surface area contributed by atoms with E-state index in [4.69, 9.17) is 33.9 Å². The number of Topliss-reactive ketones (excluding diaryl/α,β-unsaturated/α-hetero) is 2. The lowest BCUT2D eigenvalue weighted by Gasteiger charge is -2.63. The molecule has 8 aliphatic carbocycles. The molecule has 460 valence electrons. The zero-order valence-electron chi connectivity index (χ0n) is 51.3. The molecule has 17 heteroatoms. The average Bonchev–Trinajstić information content (AvgIpc) is 1.40. The zero-order valence-corrected chi connectivity index (χ0v) is 51.3. The number of ketones is 2. The van der Waals surface area contributed by atoms with E-state index in [0.29, 0.717) is 58.0 Å². The van der Waals surface area contributed by atoms with Gasteiger partial charge in [0, 0.05) is 57.7 Å². The summed E-state index contributed by atoms with van der Waals surface area (Å²) in [5.41, 5.74) is -2.07. The fraction of sp³-hybridized carbons (Fsp3) is 0.623. The Morgan fingerprint density at radius 3 is 1.83 bits per heavy atom. The number of fused-ring (bicyclic) bond motifs is 16. The Balaban J connectivity index is 0.000000160. The third-order valence-electron chi connectivity index (χ3n) is 23.2. The number of allylic oxidation sites excluding steroid dienone is 2. The number of rotatable bonds is 9. The lowest BCUT2D eigenvalue weighted by molar-refractivity contribution is -0.250. The van der Waals surface area contributed by atoms with Crippen molar-refractivity contribution < 1.29 is 62.5 Å². The Morgan fingerprint density at radius 2 is 1.27 bits per heavy atom. The first-order valence-corrected chi connectivity index (χ1v) is 31.4. The first-order valence-electron chi connectivity index (χ1n) is 31.4. The largest absolute Gasteiger partial charge is 0.494 e. The van der Waals surface area contributed by atoms with Gasteiger partial charge in [0.05, 0.1) is 60.0 Å². The van der Waals surface area contributed by atoms with Crippen LogP contribution in [-0.4, -0.2) is 130 Å². The molecule has 0 amide bonds. The molecule has 14 rings (SSSR count). The number of alkyl halides is 2. The van der Waals surface area contributed by atoms with Crippen molar-refractivity contribution in [3.05, 3.63) is 100 Å². The lowest BCUT2D eigenvalue weighted by atomic mass is 9.43. The Morgan fingerprint density at radius 1 is 0.721 bits per heavy atom. The molecule has 2 aliphatic heterocycles. The molecule has 6 saturated carbocycles. The molecule has 0 unspecified atom stereocenters. The molecule has 4 aromatic rings. The summed E-state index contributed by atoms with van der Waals surface area (Å²) < 4.78 is 71.1. The molecule has 4 N–H and O–H groups in total. The van der Waals surface area contributed by atoms with Crippen LogP contribution in [0.5, 0.6) is 5.75 Å². The van der Waals surface area contributed by atoms with Crippen LogP contribution >= 0.6 is 0 Å². The number of hydrogen-bond donors (Lipinski definition) is 4. The van der Waals surface area contributed by atoms with Crippen LogP contribution in [0.1, 0.15) is 162 Å². The summed E-state index contributed by atoms with van der Waals surface area (Å²) in [5.74, 6) is 2.62. The number of carbonyl (C=O) groups is 2. The highest BCUT2D eigenvalue weighted by molar-refractivity contribution is 5.92. The summed E-state index contributed by atoms with van der Waals surface area (Å²) in [4.78, 5) is 27.0. The van der Waals surface area contributed by atoms with E-state index in [1.807, 2.05) is 111 Å². The number of aliphatic hydroxyl groups excluding tert-OH is 4. The molecular formula is C69H84F2N4O11. The van der Waals surface area contributed by atoms with Crippen LogP contribution in [-0.2, 0) is 41.4 Å². The second kappa shape index (κ2) is 20.0. The van der Waals surface area contributed by atoms with Crippen molar-refractivity contribution in [1.82, 2.24) is 19.6 Å². The molecule has 2 saturated heterocycles. The fourth-order valence-corrected chi connectivity index (χ4v) is 19.7. The van der Waals surface area contributed by atoms with E-state index >= 15 is 8.78 Å². The first-order chi connectivity index (χ1) is 40.7. The highest BCUT2D eigenvalue weighted by atomic mass is 19.1. The Hall–Kier alpha value is -5.42. The van der Waals surface area contributed by atoms with Gasteiger partial charge < -0.3 is 44.1 Å². The molecule has 0 bridgehead atoms. The van der Waals surface area contributed by atoms with Gasteiger partial charge in [-0.25, -0.2) is 18.1 Å². The third-order valence-corrected chi connectivity index (χ3v) is 23.2. The van der Waals surface area contributed by atoms with E-state index in [0.717, 1.165) is 69.2 Å². The quantitative estimate of drug-likeness (QED) is 0.116. The van der Waals surface area contributed by atoms with E-state index in [-0.39, 0.29) is 24.7 Å². The number of benzene rings is 2. The van der Waals surface area contributed by atoms with Crippen molar-refractivity contribution in [2.75, 3.05) is 19.8 Å². The van der Waals surface area contributed by atoms with Gasteiger partial charge in [-0.3, -0.25) is 9.59 Å². The average molecular weight is 1180 g/mol. The number of halogens is 2. The third kappa shape index (κ3) is 7.97. The van der Waals surface area contributed by atoms with Gasteiger partial charge in [-0.2, -0.15) is 10.2 Å². The van der Waals surface area contributed by atoms with Crippen LogP contribution in [0.2, 0.25) is 0 Å². The highest BCUT2D eigenvalue weighted by Gasteiger charge is 2.82. The minimum atomic E-state index is -1.92. The van der Waals surface area contributed by atoms with E-state index in [1.165, 1.54) is 0 Å². The molecule has 16 atom stereocenters. The van der Waals surface area contributed by atoms with Crippen LogP contribution in [0, 0.1) is 57.2 Å². The summed E-state index contributed by atoms with van der Waals surface area (Å²) >= 11 is 0. The van der Waals surface area contributed by atoms with Crippen LogP contribution in [0.15, 0.2) is 72.1 Å². The lowest BCUT2D eigenvalue weighted by Crippen LogP contribution is -2.70. The van der Waals surface area contributed by atoms with Gasteiger partial charge in [-0.05, 0) is 164 Å². The summed E-state index contributed by atoms with van der Waals surface area (Å²) in [5, 5.41) is 53.5. The van der Waals surface area contributed by atoms with Crippen molar-refractivity contribution in [1.29, 1.82) is 0 Å². The van der Waals surface area contributed by atoms with Gasteiger partial charge in [-0.15, -0.1) is 0 Å². The maximum atomic E-state index is 18.1. The summed E-state index contributed by atoms with van der Waals surface area (Å²) in [7, 11) is 0.